The minimum Gasteiger partial charge on any atom is -0.258 e. The first kappa shape index (κ1) is 9.78. The average Bonchev–Trinajstić information content (AvgIpc) is 2.56. The molecule has 0 unspecified atom stereocenters. The van der Waals surface area contributed by atoms with E-state index in [-0.39, 0.29) is 10.8 Å². The normalized spacial score (nSPS) is 10.7. The first-order valence-corrected chi connectivity index (χ1v) is 5.51. The van der Waals surface area contributed by atoms with E-state index in [9.17, 15) is 14.5 Å². The second kappa shape index (κ2) is 3.43. The van der Waals surface area contributed by atoms with Crippen molar-refractivity contribution in [2.24, 2.45) is 0 Å². The lowest BCUT2D eigenvalue weighted by atomic mass is 10.2. The molecule has 0 atom stereocenters. The fraction of sp³-hybridized carbons (Fsp3) is 0. The first-order chi connectivity index (χ1) is 6.59. The molecule has 14 heavy (non-hydrogen) atoms. The van der Waals surface area contributed by atoms with Gasteiger partial charge in [0.2, 0.25) is 0 Å². The number of rotatable bonds is 1. The number of fused-ring (bicyclic) bond motifs is 1. The highest BCUT2D eigenvalue weighted by molar-refractivity contribution is 14.1. The predicted molar refractivity (Wildman–Crippen MR) is 61.2 cm³/mol. The highest BCUT2D eigenvalue weighted by Crippen LogP contribution is 2.34. The maximum atomic E-state index is 13.5. The summed E-state index contributed by atoms with van der Waals surface area (Å²) in [6.07, 6.45) is 0. The third-order valence-electron chi connectivity index (χ3n) is 1.75. The molecule has 1 heterocycles. The Kier molecular flexibility index (Phi) is 2.40. The van der Waals surface area contributed by atoms with Crippen LogP contribution in [-0.2, 0) is 0 Å². The van der Waals surface area contributed by atoms with Crippen LogP contribution in [0.1, 0.15) is 0 Å². The van der Waals surface area contributed by atoms with Crippen molar-refractivity contribution in [3.8, 4) is 0 Å². The third kappa shape index (κ3) is 1.48. The van der Waals surface area contributed by atoms with Crippen LogP contribution in [0.2, 0.25) is 0 Å². The summed E-state index contributed by atoms with van der Waals surface area (Å²) in [7, 11) is 0. The van der Waals surface area contributed by atoms with E-state index in [0.29, 0.717) is 13.7 Å². The minimum absolute atomic E-state index is 0.0269. The number of nitro groups is 1. The monoisotopic (exact) mass is 323 g/mol. The van der Waals surface area contributed by atoms with Gasteiger partial charge in [0.1, 0.15) is 5.82 Å². The molecule has 0 N–H and O–H groups in total. The zero-order chi connectivity index (χ0) is 10.3. The van der Waals surface area contributed by atoms with Crippen molar-refractivity contribution in [1.29, 1.82) is 0 Å². The van der Waals surface area contributed by atoms with E-state index < -0.39 is 4.92 Å². The van der Waals surface area contributed by atoms with Crippen LogP contribution in [0, 0.1) is 19.5 Å². The quantitative estimate of drug-likeness (QED) is 0.458. The van der Waals surface area contributed by atoms with Crippen molar-refractivity contribution in [3.05, 3.63) is 37.7 Å². The van der Waals surface area contributed by atoms with Gasteiger partial charge in [-0.1, -0.05) is 11.3 Å². The van der Waals surface area contributed by atoms with E-state index >= 15 is 0 Å². The zero-order valence-corrected chi connectivity index (χ0v) is 9.63. The van der Waals surface area contributed by atoms with E-state index in [0.717, 1.165) is 11.3 Å². The van der Waals surface area contributed by atoms with Crippen LogP contribution >= 0.6 is 33.9 Å². The van der Waals surface area contributed by atoms with E-state index in [1.807, 2.05) is 22.6 Å². The molecule has 2 aromatic rings. The molecule has 0 aliphatic rings. The van der Waals surface area contributed by atoms with Gasteiger partial charge in [0.05, 0.1) is 4.92 Å². The molecular formula is C8H3FINO2S. The summed E-state index contributed by atoms with van der Waals surface area (Å²) in [4.78, 5) is 9.96. The van der Waals surface area contributed by atoms with E-state index in [1.165, 1.54) is 6.07 Å². The Hall–Kier alpha value is -0.760. The average molecular weight is 323 g/mol. The lowest BCUT2D eigenvalue weighted by Crippen LogP contribution is -1.82. The standard InChI is InChI=1S/C8H3FINO2S/c9-8-4-3-7(11(12)13)14-6(4)2-1-5(8)10/h1-3H. The number of halogens is 2. The SMILES string of the molecule is O=[N+]([O-])c1cc2c(F)c(I)ccc2s1. The summed E-state index contributed by atoms with van der Waals surface area (Å²) in [5.41, 5.74) is 0. The van der Waals surface area contributed by atoms with Gasteiger partial charge in [0, 0.05) is 19.7 Å². The molecule has 0 saturated carbocycles. The predicted octanol–water partition coefficient (Wildman–Crippen LogP) is 3.55. The Balaban J connectivity index is 2.77. The fourth-order valence-corrected chi connectivity index (χ4v) is 2.47. The second-order valence-corrected chi connectivity index (χ2v) is 4.84. The third-order valence-corrected chi connectivity index (χ3v) is 3.64. The molecule has 0 aliphatic heterocycles. The van der Waals surface area contributed by atoms with Crippen molar-refractivity contribution >= 4 is 49.0 Å². The summed E-state index contributed by atoms with van der Waals surface area (Å²) < 4.78 is 14.5. The molecule has 0 amide bonds. The van der Waals surface area contributed by atoms with Gasteiger partial charge in [-0.3, -0.25) is 10.1 Å². The summed E-state index contributed by atoms with van der Waals surface area (Å²) >= 11 is 2.84. The minimum atomic E-state index is -0.503. The summed E-state index contributed by atoms with van der Waals surface area (Å²) in [6, 6.07) is 4.58. The Morgan fingerprint density at radius 3 is 2.86 bits per heavy atom. The molecule has 0 radical (unpaired) electrons. The molecule has 0 fully saturated rings. The Morgan fingerprint density at radius 1 is 1.50 bits per heavy atom. The lowest BCUT2D eigenvalue weighted by molar-refractivity contribution is -0.380. The maximum Gasteiger partial charge on any atom is 0.325 e. The maximum absolute atomic E-state index is 13.5. The van der Waals surface area contributed by atoms with Crippen LogP contribution in [0.25, 0.3) is 10.1 Å². The molecule has 0 bridgehead atoms. The van der Waals surface area contributed by atoms with Gasteiger partial charge in [-0.25, -0.2) is 4.39 Å². The molecule has 3 nitrogen and oxygen atoms in total. The van der Waals surface area contributed by atoms with Crippen LogP contribution < -0.4 is 0 Å². The van der Waals surface area contributed by atoms with Crippen molar-refractivity contribution in [3.63, 3.8) is 0 Å². The molecule has 6 heteroatoms. The molecule has 2 rings (SSSR count). The molecule has 0 aliphatic carbocycles. The van der Waals surface area contributed by atoms with Crippen LogP contribution in [0.3, 0.4) is 0 Å². The summed E-state index contributed by atoms with van der Waals surface area (Å²) in [5, 5.41) is 10.8. The topological polar surface area (TPSA) is 43.1 Å². The van der Waals surface area contributed by atoms with Crippen LogP contribution in [0.4, 0.5) is 9.39 Å². The Labute approximate surface area is 95.8 Å². The molecule has 1 aromatic carbocycles. The van der Waals surface area contributed by atoms with Crippen LogP contribution in [-0.4, -0.2) is 4.92 Å². The number of hydrogen-bond donors (Lipinski definition) is 0. The molecular weight excluding hydrogens is 320 g/mol. The van der Waals surface area contributed by atoms with Gasteiger partial charge >= 0.3 is 5.00 Å². The van der Waals surface area contributed by atoms with Gasteiger partial charge in [-0.15, -0.1) is 0 Å². The van der Waals surface area contributed by atoms with Crippen molar-refractivity contribution < 1.29 is 9.31 Å². The number of hydrogen-bond acceptors (Lipinski definition) is 3. The van der Waals surface area contributed by atoms with Gasteiger partial charge in [-0.05, 0) is 34.7 Å². The summed E-state index contributed by atoms with van der Waals surface area (Å²) in [6.45, 7) is 0. The highest BCUT2D eigenvalue weighted by atomic mass is 127. The Bertz CT molecular complexity index is 525. The van der Waals surface area contributed by atoms with Crippen molar-refractivity contribution in [1.82, 2.24) is 0 Å². The van der Waals surface area contributed by atoms with Gasteiger partial charge < -0.3 is 0 Å². The molecule has 72 valence electrons. The number of thiophene rings is 1. The first-order valence-electron chi connectivity index (χ1n) is 3.61. The smallest absolute Gasteiger partial charge is 0.258 e. The fourth-order valence-electron chi connectivity index (χ4n) is 1.13. The van der Waals surface area contributed by atoms with E-state index in [2.05, 4.69) is 0 Å². The summed E-state index contributed by atoms with van der Waals surface area (Å²) in [5.74, 6) is -0.382. The number of benzene rings is 1. The molecule has 0 spiro atoms. The second-order valence-electron chi connectivity index (χ2n) is 2.61. The molecule has 0 saturated heterocycles. The lowest BCUT2D eigenvalue weighted by Gasteiger charge is -1.93. The van der Waals surface area contributed by atoms with Gasteiger partial charge in [-0.2, -0.15) is 0 Å². The highest BCUT2D eigenvalue weighted by Gasteiger charge is 2.15. The Morgan fingerprint density at radius 2 is 2.21 bits per heavy atom. The van der Waals surface area contributed by atoms with Gasteiger partial charge in [0.15, 0.2) is 0 Å². The largest absolute Gasteiger partial charge is 0.325 e. The van der Waals surface area contributed by atoms with Gasteiger partial charge in [0.25, 0.3) is 0 Å². The zero-order valence-electron chi connectivity index (χ0n) is 6.66. The number of nitrogens with zero attached hydrogens (tertiary/aromatic N) is 1. The van der Waals surface area contributed by atoms with E-state index in [4.69, 9.17) is 0 Å². The van der Waals surface area contributed by atoms with Crippen molar-refractivity contribution in [2.75, 3.05) is 0 Å². The molecule has 1 aromatic heterocycles. The van der Waals surface area contributed by atoms with Crippen LogP contribution in [0.5, 0.6) is 0 Å². The van der Waals surface area contributed by atoms with E-state index in [1.54, 1.807) is 12.1 Å². The van der Waals surface area contributed by atoms with Crippen molar-refractivity contribution in [2.45, 2.75) is 0 Å². The van der Waals surface area contributed by atoms with Crippen LogP contribution in [0.15, 0.2) is 18.2 Å².